The first-order valence-electron chi connectivity index (χ1n) is 9.68. The van der Waals surface area contributed by atoms with Gasteiger partial charge < -0.3 is 9.64 Å². The molecule has 2 aromatic rings. The second-order valence-electron chi connectivity index (χ2n) is 7.54. The predicted molar refractivity (Wildman–Crippen MR) is 104 cm³/mol. The summed E-state index contributed by atoms with van der Waals surface area (Å²) in [4.78, 5) is 19.9. The fourth-order valence-corrected chi connectivity index (χ4v) is 5.67. The summed E-state index contributed by atoms with van der Waals surface area (Å²) in [6.45, 7) is 4.74. The van der Waals surface area contributed by atoms with Crippen LogP contribution in [0.1, 0.15) is 40.9 Å². The second-order valence-corrected chi connectivity index (χ2v) is 8.59. The maximum atomic E-state index is 13.2. The van der Waals surface area contributed by atoms with Gasteiger partial charge in [-0.25, -0.2) is 0 Å². The number of nitrogens with zero attached hydrogens (tertiary/aromatic N) is 2. The Morgan fingerprint density at radius 3 is 2.85 bits per heavy atom. The molecule has 0 N–H and O–H groups in total. The van der Waals surface area contributed by atoms with Gasteiger partial charge in [0.05, 0.1) is 4.88 Å². The molecule has 2 saturated heterocycles. The van der Waals surface area contributed by atoms with E-state index >= 15 is 0 Å². The number of para-hydroxylation sites is 1. The van der Waals surface area contributed by atoms with E-state index in [1.54, 1.807) is 11.3 Å². The van der Waals surface area contributed by atoms with E-state index in [2.05, 4.69) is 21.9 Å². The normalized spacial score (nSPS) is 22.6. The predicted octanol–water partition coefficient (Wildman–Crippen LogP) is 4.01. The highest BCUT2D eigenvalue weighted by Gasteiger charge is 2.31. The minimum Gasteiger partial charge on any atom is -0.488 e. The van der Waals surface area contributed by atoms with E-state index in [0.717, 1.165) is 41.3 Å². The Labute approximate surface area is 158 Å². The van der Waals surface area contributed by atoms with Crippen molar-refractivity contribution in [3.05, 3.63) is 40.8 Å². The summed E-state index contributed by atoms with van der Waals surface area (Å²) < 4.78 is 5.85. The van der Waals surface area contributed by atoms with Gasteiger partial charge in [-0.3, -0.25) is 9.69 Å². The van der Waals surface area contributed by atoms with Gasteiger partial charge in [0.1, 0.15) is 12.4 Å². The molecular weight excluding hydrogens is 344 g/mol. The Morgan fingerprint density at radius 1 is 1.12 bits per heavy atom. The first kappa shape index (κ1) is 16.3. The Kier molecular flexibility index (Phi) is 4.21. The van der Waals surface area contributed by atoms with Crippen molar-refractivity contribution in [1.29, 1.82) is 0 Å². The number of likely N-dealkylation sites (tertiary alicyclic amines) is 2. The molecule has 0 spiro atoms. The Hall–Kier alpha value is -1.85. The molecule has 5 rings (SSSR count). The smallest absolute Gasteiger partial charge is 0.264 e. The molecule has 3 aliphatic heterocycles. The van der Waals surface area contributed by atoms with Gasteiger partial charge in [0.15, 0.2) is 0 Å². The molecule has 2 fully saturated rings. The van der Waals surface area contributed by atoms with E-state index in [1.165, 1.54) is 37.2 Å². The number of thiophene rings is 1. The number of piperidine rings is 1. The molecule has 5 heteroatoms. The zero-order chi connectivity index (χ0) is 17.5. The highest BCUT2D eigenvalue weighted by Crippen LogP contribution is 2.42. The van der Waals surface area contributed by atoms with Crippen LogP contribution in [0.15, 0.2) is 30.3 Å². The van der Waals surface area contributed by atoms with Crippen molar-refractivity contribution in [2.75, 3.05) is 26.2 Å². The van der Waals surface area contributed by atoms with Gasteiger partial charge in [-0.1, -0.05) is 12.1 Å². The third-order valence-electron chi connectivity index (χ3n) is 5.88. The summed E-state index contributed by atoms with van der Waals surface area (Å²) in [5.41, 5.74) is 2.26. The van der Waals surface area contributed by atoms with Crippen LogP contribution in [0, 0.1) is 0 Å². The first-order valence-corrected chi connectivity index (χ1v) is 10.5. The van der Waals surface area contributed by atoms with Crippen LogP contribution in [0.2, 0.25) is 0 Å². The number of hydrogen-bond donors (Lipinski definition) is 0. The summed E-state index contributed by atoms with van der Waals surface area (Å²) in [5, 5.41) is 0. The molecule has 1 atom stereocenters. The number of carbonyl (C=O) groups is 1. The van der Waals surface area contributed by atoms with Crippen LogP contribution >= 0.6 is 11.3 Å². The van der Waals surface area contributed by atoms with Crippen LogP contribution in [0.5, 0.6) is 5.75 Å². The lowest BCUT2D eigenvalue weighted by Crippen LogP contribution is -2.48. The average molecular weight is 369 g/mol. The minimum atomic E-state index is 0.200. The second kappa shape index (κ2) is 6.71. The van der Waals surface area contributed by atoms with Crippen LogP contribution in [0.3, 0.4) is 0 Å². The zero-order valence-electron chi connectivity index (χ0n) is 14.9. The largest absolute Gasteiger partial charge is 0.488 e. The van der Waals surface area contributed by atoms with Crippen LogP contribution in [0.4, 0.5) is 0 Å². The summed E-state index contributed by atoms with van der Waals surface area (Å²) in [6.07, 6.45) is 4.96. The number of hydrogen-bond acceptors (Lipinski definition) is 4. The minimum absolute atomic E-state index is 0.200. The number of benzene rings is 1. The molecule has 1 aromatic carbocycles. The third-order valence-corrected chi connectivity index (χ3v) is 7.07. The first-order chi connectivity index (χ1) is 12.8. The molecule has 1 aromatic heterocycles. The summed E-state index contributed by atoms with van der Waals surface area (Å²) in [6, 6.07) is 10.7. The molecule has 4 nitrogen and oxygen atoms in total. The molecule has 1 amide bonds. The maximum Gasteiger partial charge on any atom is 0.264 e. The lowest BCUT2D eigenvalue weighted by atomic mass is 10.0. The van der Waals surface area contributed by atoms with E-state index in [4.69, 9.17) is 4.74 Å². The van der Waals surface area contributed by atoms with Crippen molar-refractivity contribution >= 4 is 17.2 Å². The van der Waals surface area contributed by atoms with Crippen molar-refractivity contribution < 1.29 is 9.53 Å². The molecule has 0 aliphatic carbocycles. The summed E-state index contributed by atoms with van der Waals surface area (Å²) in [5.74, 6) is 1.12. The van der Waals surface area contributed by atoms with Crippen molar-refractivity contribution in [2.45, 2.75) is 38.3 Å². The quantitative estimate of drug-likeness (QED) is 0.803. The Balaban J connectivity index is 1.37. The van der Waals surface area contributed by atoms with Crippen LogP contribution in [-0.4, -0.2) is 47.9 Å². The lowest BCUT2D eigenvalue weighted by Gasteiger charge is -2.37. The lowest BCUT2D eigenvalue weighted by molar-refractivity contribution is 0.0612. The van der Waals surface area contributed by atoms with Crippen LogP contribution in [-0.2, 0) is 6.61 Å². The van der Waals surface area contributed by atoms with Gasteiger partial charge in [0.2, 0.25) is 0 Å². The molecule has 136 valence electrons. The molecule has 0 radical (unpaired) electrons. The van der Waals surface area contributed by atoms with Crippen molar-refractivity contribution in [1.82, 2.24) is 9.80 Å². The highest BCUT2D eigenvalue weighted by atomic mass is 32.1. The fourth-order valence-electron chi connectivity index (χ4n) is 4.50. The Morgan fingerprint density at radius 2 is 1.96 bits per heavy atom. The molecular formula is C21H24N2O2S. The van der Waals surface area contributed by atoms with Gasteiger partial charge >= 0.3 is 0 Å². The maximum absolute atomic E-state index is 13.2. The molecule has 26 heavy (non-hydrogen) atoms. The van der Waals surface area contributed by atoms with Gasteiger partial charge in [-0.2, -0.15) is 0 Å². The van der Waals surface area contributed by atoms with E-state index in [9.17, 15) is 4.79 Å². The number of carbonyl (C=O) groups excluding carboxylic acids is 1. The van der Waals surface area contributed by atoms with E-state index in [1.807, 2.05) is 18.2 Å². The van der Waals surface area contributed by atoms with Crippen molar-refractivity contribution in [3.63, 3.8) is 0 Å². The summed E-state index contributed by atoms with van der Waals surface area (Å²) >= 11 is 1.63. The molecule has 4 heterocycles. The monoisotopic (exact) mass is 368 g/mol. The molecule has 0 unspecified atom stereocenters. The van der Waals surface area contributed by atoms with Gasteiger partial charge in [-0.15, -0.1) is 11.3 Å². The van der Waals surface area contributed by atoms with Crippen molar-refractivity contribution in [3.8, 4) is 16.2 Å². The summed E-state index contributed by atoms with van der Waals surface area (Å²) in [7, 11) is 0. The number of fused-ring (bicyclic) bond motifs is 3. The van der Waals surface area contributed by atoms with Gasteiger partial charge in [-0.05, 0) is 57.0 Å². The average Bonchev–Trinajstić information content (AvgIpc) is 3.37. The van der Waals surface area contributed by atoms with Crippen LogP contribution in [0.25, 0.3) is 10.4 Å². The number of ether oxygens (including phenoxy) is 1. The Bertz CT molecular complexity index is 825. The van der Waals surface area contributed by atoms with E-state index < -0.39 is 0 Å². The highest BCUT2D eigenvalue weighted by molar-refractivity contribution is 7.17. The SMILES string of the molecule is O=C(c1cc2c(s1)-c1ccccc1OC2)N1CCC[C@@H](N2CCCC2)C1. The standard InChI is InChI=1S/C21H24N2O2S/c24-21(23-11-5-6-16(13-23)22-9-3-4-10-22)19-12-15-14-25-18-8-2-1-7-17(18)20(15)26-19/h1-2,7-8,12,16H,3-6,9-11,13-14H2/t16-/m1/s1. The van der Waals surface area contributed by atoms with Crippen molar-refractivity contribution in [2.24, 2.45) is 0 Å². The number of amides is 1. The van der Waals surface area contributed by atoms with E-state index in [-0.39, 0.29) is 5.91 Å². The molecule has 3 aliphatic rings. The molecule has 0 bridgehead atoms. The van der Waals surface area contributed by atoms with E-state index in [0.29, 0.717) is 12.6 Å². The van der Waals surface area contributed by atoms with Crippen LogP contribution < -0.4 is 4.74 Å². The third kappa shape index (κ3) is 2.83. The van der Waals surface area contributed by atoms with Gasteiger partial charge in [0, 0.05) is 35.1 Å². The topological polar surface area (TPSA) is 32.8 Å². The number of rotatable bonds is 2. The zero-order valence-corrected chi connectivity index (χ0v) is 15.8. The van der Waals surface area contributed by atoms with Gasteiger partial charge in [0.25, 0.3) is 5.91 Å². The molecule has 0 saturated carbocycles. The fraction of sp³-hybridized carbons (Fsp3) is 0.476.